The average molecular weight is 505 g/mol. The van der Waals surface area contributed by atoms with E-state index >= 15 is 0 Å². The quantitative estimate of drug-likeness (QED) is 0.247. The van der Waals surface area contributed by atoms with Gasteiger partial charge in [0, 0.05) is 11.3 Å². The SMILES string of the molecule is CCCCSN(C(=O)N1CCOC(c2cccc(C(F)(F)F)c2)=N1)c1ccc(C(F)(F)F)cc1. The smallest absolute Gasteiger partial charge is 0.416 e. The Balaban J connectivity index is 1.88. The topological polar surface area (TPSA) is 45.1 Å². The number of alkyl halides is 6. The van der Waals surface area contributed by atoms with Crippen LogP contribution < -0.4 is 4.31 Å². The molecule has 1 aliphatic heterocycles. The van der Waals surface area contributed by atoms with Gasteiger partial charge in [-0.1, -0.05) is 19.4 Å². The average Bonchev–Trinajstić information content (AvgIpc) is 2.81. The highest BCUT2D eigenvalue weighted by atomic mass is 32.2. The first-order valence-electron chi connectivity index (χ1n) is 10.3. The lowest BCUT2D eigenvalue weighted by Crippen LogP contribution is -2.42. The summed E-state index contributed by atoms with van der Waals surface area (Å²) in [5.74, 6) is 0.370. The molecule has 0 aromatic heterocycles. The standard InChI is InChI=1S/C22H21F6N3O2S/c1-2-3-13-34-31(18-9-7-16(8-10-18)21(23,24)25)20(32)30-11-12-33-19(29-30)15-5-4-6-17(14-15)22(26,27)28/h4-10,14H,2-3,11-13H2,1H3. The number of hydrogen-bond acceptors (Lipinski definition) is 4. The third-order valence-electron chi connectivity index (χ3n) is 4.73. The molecule has 0 N–H and O–H groups in total. The maximum absolute atomic E-state index is 13.2. The third kappa shape index (κ3) is 6.37. The number of ether oxygens (including phenoxy) is 1. The molecule has 2 aromatic rings. The van der Waals surface area contributed by atoms with Crippen molar-refractivity contribution in [3.63, 3.8) is 0 Å². The molecule has 2 amide bonds. The molecule has 0 aliphatic carbocycles. The van der Waals surface area contributed by atoms with Gasteiger partial charge in [-0.05, 0) is 60.8 Å². The number of rotatable bonds is 6. The van der Waals surface area contributed by atoms with E-state index in [1.54, 1.807) is 0 Å². The third-order valence-corrected chi connectivity index (χ3v) is 5.83. The van der Waals surface area contributed by atoms with Gasteiger partial charge in [0.2, 0.25) is 5.90 Å². The number of hydrogen-bond donors (Lipinski definition) is 0. The van der Waals surface area contributed by atoms with Crippen molar-refractivity contribution < 1.29 is 35.9 Å². The number of unbranched alkanes of at least 4 members (excludes halogenated alkanes) is 1. The summed E-state index contributed by atoms with van der Waals surface area (Å²) < 4.78 is 84.6. The van der Waals surface area contributed by atoms with E-state index in [9.17, 15) is 31.1 Å². The highest BCUT2D eigenvalue weighted by Gasteiger charge is 2.33. The number of benzene rings is 2. The van der Waals surface area contributed by atoms with E-state index < -0.39 is 29.5 Å². The maximum Gasteiger partial charge on any atom is 0.416 e. The summed E-state index contributed by atoms with van der Waals surface area (Å²) in [6.45, 7) is 1.96. The summed E-state index contributed by atoms with van der Waals surface area (Å²) in [5.41, 5.74) is -1.46. The van der Waals surface area contributed by atoms with Gasteiger partial charge in [0.25, 0.3) is 0 Å². The van der Waals surface area contributed by atoms with Crippen molar-refractivity contribution in [2.75, 3.05) is 23.2 Å². The van der Waals surface area contributed by atoms with Crippen LogP contribution in [0.2, 0.25) is 0 Å². The largest absolute Gasteiger partial charge is 0.474 e. The number of carbonyl (C=O) groups excluding carboxylic acids is 1. The van der Waals surface area contributed by atoms with E-state index in [1.807, 2.05) is 6.92 Å². The summed E-state index contributed by atoms with van der Waals surface area (Å²) in [5, 5.41) is 5.12. The second-order valence-corrected chi connectivity index (χ2v) is 8.30. The van der Waals surface area contributed by atoms with Crippen LogP contribution in [0.3, 0.4) is 0 Å². The molecule has 34 heavy (non-hydrogen) atoms. The van der Waals surface area contributed by atoms with Crippen molar-refractivity contribution in [2.45, 2.75) is 32.1 Å². The minimum atomic E-state index is -4.56. The highest BCUT2D eigenvalue weighted by Crippen LogP contribution is 2.33. The normalized spacial score (nSPS) is 14.4. The summed E-state index contributed by atoms with van der Waals surface area (Å²) in [7, 11) is 0. The highest BCUT2D eigenvalue weighted by molar-refractivity contribution is 8.01. The molecule has 0 spiro atoms. The Bertz CT molecular complexity index is 1020. The molecule has 184 valence electrons. The Morgan fingerprint density at radius 1 is 1.06 bits per heavy atom. The molecule has 0 bridgehead atoms. The number of amides is 2. The number of hydrazone groups is 1. The van der Waals surface area contributed by atoms with Crippen molar-refractivity contribution in [1.82, 2.24) is 5.01 Å². The van der Waals surface area contributed by atoms with E-state index in [4.69, 9.17) is 4.74 Å². The van der Waals surface area contributed by atoms with E-state index in [0.717, 1.165) is 54.1 Å². The lowest BCUT2D eigenvalue weighted by molar-refractivity contribution is -0.138. The van der Waals surface area contributed by atoms with Crippen LogP contribution in [0.25, 0.3) is 0 Å². The molecular weight excluding hydrogens is 484 g/mol. The Hall–Kier alpha value is -2.89. The summed E-state index contributed by atoms with van der Waals surface area (Å²) >= 11 is 1.12. The fourth-order valence-corrected chi connectivity index (χ4v) is 4.03. The van der Waals surface area contributed by atoms with E-state index in [-0.39, 0.29) is 30.3 Å². The molecule has 3 rings (SSSR count). The Morgan fingerprint density at radius 2 is 1.74 bits per heavy atom. The van der Waals surface area contributed by atoms with Gasteiger partial charge >= 0.3 is 18.4 Å². The first-order chi connectivity index (χ1) is 16.0. The van der Waals surface area contributed by atoms with Gasteiger partial charge in [-0.25, -0.2) is 14.1 Å². The van der Waals surface area contributed by atoms with Crippen LogP contribution in [0, 0.1) is 0 Å². The molecule has 0 atom stereocenters. The van der Waals surface area contributed by atoms with E-state index in [0.29, 0.717) is 5.75 Å². The first-order valence-corrected chi connectivity index (χ1v) is 11.3. The molecule has 1 aliphatic rings. The zero-order valence-corrected chi connectivity index (χ0v) is 18.8. The van der Waals surface area contributed by atoms with Gasteiger partial charge in [-0.15, -0.1) is 5.10 Å². The second kappa shape index (κ2) is 10.6. The minimum Gasteiger partial charge on any atom is -0.474 e. The van der Waals surface area contributed by atoms with Crippen molar-refractivity contribution in [3.05, 3.63) is 65.2 Å². The number of urea groups is 1. The van der Waals surface area contributed by atoms with Crippen LogP contribution >= 0.6 is 11.9 Å². The maximum atomic E-state index is 13.2. The lowest BCUT2D eigenvalue weighted by atomic mass is 10.1. The molecule has 0 fully saturated rings. The Morgan fingerprint density at radius 3 is 2.35 bits per heavy atom. The summed E-state index contributed by atoms with van der Waals surface area (Å²) in [6, 6.07) is 7.87. The minimum absolute atomic E-state index is 0.0126. The van der Waals surface area contributed by atoms with Crippen molar-refractivity contribution in [2.24, 2.45) is 5.10 Å². The van der Waals surface area contributed by atoms with Crippen molar-refractivity contribution >= 4 is 29.6 Å². The molecule has 12 heteroatoms. The van der Waals surface area contributed by atoms with Crippen molar-refractivity contribution in [1.29, 1.82) is 0 Å². The number of anilines is 1. The number of carbonyl (C=O) groups is 1. The van der Waals surface area contributed by atoms with Gasteiger partial charge in [0.1, 0.15) is 6.61 Å². The molecular formula is C22H21F6N3O2S. The lowest BCUT2D eigenvalue weighted by Gasteiger charge is -2.29. The molecule has 0 saturated carbocycles. The Kier molecular flexibility index (Phi) is 8.01. The summed E-state index contributed by atoms with van der Waals surface area (Å²) in [4.78, 5) is 13.2. The zero-order chi connectivity index (χ0) is 24.9. The molecule has 0 radical (unpaired) electrons. The van der Waals surface area contributed by atoms with Gasteiger partial charge < -0.3 is 4.74 Å². The number of halogens is 6. The predicted molar refractivity (Wildman–Crippen MR) is 117 cm³/mol. The van der Waals surface area contributed by atoms with E-state index in [2.05, 4.69) is 5.10 Å². The van der Waals surface area contributed by atoms with Crippen LogP contribution in [0.5, 0.6) is 0 Å². The van der Waals surface area contributed by atoms with Crippen LogP contribution in [-0.2, 0) is 17.1 Å². The Labute approximate surface area is 196 Å². The van der Waals surface area contributed by atoms with Crippen LogP contribution in [-0.4, -0.2) is 35.8 Å². The van der Waals surface area contributed by atoms with E-state index in [1.165, 1.54) is 28.6 Å². The fourth-order valence-electron chi connectivity index (χ4n) is 2.96. The van der Waals surface area contributed by atoms with Crippen molar-refractivity contribution in [3.8, 4) is 0 Å². The zero-order valence-electron chi connectivity index (χ0n) is 18.0. The second-order valence-electron chi connectivity index (χ2n) is 7.26. The molecule has 1 heterocycles. The van der Waals surface area contributed by atoms with Crippen LogP contribution in [0.4, 0.5) is 36.8 Å². The monoisotopic (exact) mass is 505 g/mol. The first kappa shape index (κ1) is 25.7. The van der Waals surface area contributed by atoms with Crippen LogP contribution in [0.1, 0.15) is 36.5 Å². The fraction of sp³-hybridized carbons (Fsp3) is 0.364. The van der Waals surface area contributed by atoms with Crippen LogP contribution in [0.15, 0.2) is 53.6 Å². The predicted octanol–water partition coefficient (Wildman–Crippen LogP) is 6.79. The molecule has 2 aromatic carbocycles. The molecule has 0 unspecified atom stereocenters. The number of nitrogens with zero attached hydrogens (tertiary/aromatic N) is 3. The molecule has 5 nitrogen and oxygen atoms in total. The van der Waals surface area contributed by atoms with Gasteiger partial charge in [0.15, 0.2) is 0 Å². The molecule has 0 saturated heterocycles. The van der Waals surface area contributed by atoms with Gasteiger partial charge in [0.05, 0.1) is 23.4 Å². The van der Waals surface area contributed by atoms with Gasteiger partial charge in [-0.3, -0.25) is 0 Å². The van der Waals surface area contributed by atoms with Gasteiger partial charge in [-0.2, -0.15) is 26.3 Å². The summed E-state index contributed by atoms with van der Waals surface area (Å²) in [6.07, 6.45) is -7.47.